The molecule has 0 aliphatic heterocycles. The molecule has 1 rings (SSSR count). The second kappa shape index (κ2) is 7.12. The van der Waals surface area contributed by atoms with Gasteiger partial charge in [-0.15, -0.1) is 0 Å². The number of carboxylic acids is 1. The highest BCUT2D eigenvalue weighted by molar-refractivity contribution is 5.81. The van der Waals surface area contributed by atoms with Gasteiger partial charge in [-0.2, -0.15) is 0 Å². The number of hydrogen-bond acceptors (Lipinski definition) is 5. The molecule has 0 aliphatic carbocycles. The van der Waals surface area contributed by atoms with Gasteiger partial charge in [0.1, 0.15) is 17.0 Å². The minimum atomic E-state index is -1.29. The van der Waals surface area contributed by atoms with Crippen LogP contribution in [0.1, 0.15) is 12.5 Å². The topological polar surface area (TPSA) is 77.0 Å². The van der Waals surface area contributed by atoms with E-state index in [1.807, 2.05) is 0 Å². The Morgan fingerprint density at radius 2 is 2.00 bits per heavy atom. The minimum Gasteiger partial charge on any atom is -0.497 e. The lowest BCUT2D eigenvalue weighted by atomic mass is 9.90. The molecule has 6 nitrogen and oxygen atoms in total. The molecule has 20 heavy (non-hydrogen) atoms. The molecule has 0 radical (unpaired) electrons. The van der Waals surface area contributed by atoms with Crippen LogP contribution >= 0.6 is 0 Å². The van der Waals surface area contributed by atoms with E-state index >= 15 is 0 Å². The van der Waals surface area contributed by atoms with Gasteiger partial charge in [0.2, 0.25) is 0 Å². The molecule has 0 aliphatic rings. The quantitative estimate of drug-likeness (QED) is 0.699. The normalized spacial score (nSPS) is 13.6. The van der Waals surface area contributed by atoms with Gasteiger partial charge in [-0.3, -0.25) is 5.32 Å². The molecule has 1 aromatic rings. The van der Waals surface area contributed by atoms with Crippen molar-refractivity contribution in [3.8, 4) is 11.5 Å². The van der Waals surface area contributed by atoms with E-state index in [1.165, 1.54) is 14.2 Å². The van der Waals surface area contributed by atoms with E-state index in [4.69, 9.17) is 14.2 Å². The lowest BCUT2D eigenvalue weighted by molar-refractivity contribution is -0.144. The average molecular weight is 283 g/mol. The smallest absolute Gasteiger partial charge is 0.328 e. The summed E-state index contributed by atoms with van der Waals surface area (Å²) in [5, 5.41) is 12.5. The first-order valence-electron chi connectivity index (χ1n) is 6.19. The van der Waals surface area contributed by atoms with E-state index in [0.717, 1.165) is 0 Å². The monoisotopic (exact) mass is 283 g/mol. The SMILES string of the molecule is COCCNC(C)(C(=O)O)c1cc(OC)ccc1OC. The molecule has 1 aromatic carbocycles. The third kappa shape index (κ3) is 3.40. The van der Waals surface area contributed by atoms with E-state index in [0.29, 0.717) is 30.2 Å². The van der Waals surface area contributed by atoms with E-state index in [2.05, 4.69) is 5.32 Å². The lowest BCUT2D eigenvalue weighted by Crippen LogP contribution is -2.48. The molecule has 0 bridgehead atoms. The van der Waals surface area contributed by atoms with Gasteiger partial charge in [-0.1, -0.05) is 0 Å². The molecular weight excluding hydrogens is 262 g/mol. The third-order valence-electron chi connectivity index (χ3n) is 3.16. The number of ether oxygens (including phenoxy) is 3. The van der Waals surface area contributed by atoms with E-state index in [-0.39, 0.29) is 0 Å². The zero-order valence-corrected chi connectivity index (χ0v) is 12.2. The number of methoxy groups -OCH3 is 3. The molecule has 112 valence electrons. The first-order chi connectivity index (χ1) is 9.49. The third-order valence-corrected chi connectivity index (χ3v) is 3.16. The maximum absolute atomic E-state index is 11.7. The molecule has 0 fully saturated rings. The summed E-state index contributed by atoms with van der Waals surface area (Å²) in [6.45, 7) is 2.40. The van der Waals surface area contributed by atoms with Gasteiger partial charge in [0.15, 0.2) is 0 Å². The van der Waals surface area contributed by atoms with E-state index < -0.39 is 11.5 Å². The second-order valence-corrected chi connectivity index (χ2v) is 4.42. The maximum atomic E-state index is 11.7. The van der Waals surface area contributed by atoms with Crippen LogP contribution in [0.15, 0.2) is 18.2 Å². The average Bonchev–Trinajstić information content (AvgIpc) is 2.46. The predicted octanol–water partition coefficient (Wildman–Crippen LogP) is 1.24. The van der Waals surface area contributed by atoms with Crippen molar-refractivity contribution in [3.05, 3.63) is 23.8 Å². The summed E-state index contributed by atoms with van der Waals surface area (Å²) < 4.78 is 15.4. The first-order valence-corrected chi connectivity index (χ1v) is 6.19. The second-order valence-electron chi connectivity index (χ2n) is 4.42. The summed E-state index contributed by atoms with van der Waals surface area (Å²) in [7, 11) is 4.59. The first kappa shape index (κ1) is 16.3. The van der Waals surface area contributed by atoms with Crippen LogP contribution in [-0.4, -0.2) is 45.6 Å². The number of benzene rings is 1. The molecule has 2 N–H and O–H groups in total. The molecule has 0 aromatic heterocycles. The van der Waals surface area contributed by atoms with Crippen molar-refractivity contribution < 1.29 is 24.1 Å². The fraction of sp³-hybridized carbons (Fsp3) is 0.500. The van der Waals surface area contributed by atoms with E-state index in [1.54, 1.807) is 32.2 Å². The maximum Gasteiger partial charge on any atom is 0.328 e. The van der Waals surface area contributed by atoms with Crippen molar-refractivity contribution in [1.29, 1.82) is 0 Å². The number of hydrogen-bond donors (Lipinski definition) is 2. The summed E-state index contributed by atoms with van der Waals surface area (Å²) in [4.78, 5) is 11.7. The van der Waals surface area contributed by atoms with Crippen LogP contribution in [0, 0.1) is 0 Å². The largest absolute Gasteiger partial charge is 0.497 e. The number of nitrogens with one attached hydrogen (secondary N) is 1. The molecule has 0 saturated carbocycles. The highest BCUT2D eigenvalue weighted by Crippen LogP contribution is 2.33. The van der Waals surface area contributed by atoms with Crippen LogP contribution in [0.4, 0.5) is 0 Å². The lowest BCUT2D eigenvalue weighted by Gasteiger charge is -2.28. The Morgan fingerprint density at radius 1 is 1.30 bits per heavy atom. The summed E-state index contributed by atoms with van der Waals surface area (Å²) >= 11 is 0. The van der Waals surface area contributed by atoms with Crippen molar-refractivity contribution in [2.75, 3.05) is 34.5 Å². The van der Waals surface area contributed by atoms with Gasteiger partial charge in [0.25, 0.3) is 0 Å². The predicted molar refractivity (Wildman–Crippen MR) is 74.4 cm³/mol. The van der Waals surface area contributed by atoms with Gasteiger partial charge in [0, 0.05) is 19.2 Å². The Balaban J connectivity index is 3.21. The van der Waals surface area contributed by atoms with Crippen molar-refractivity contribution in [2.45, 2.75) is 12.5 Å². The number of carboxylic acid groups (broad SMARTS) is 1. The number of carbonyl (C=O) groups is 1. The zero-order valence-electron chi connectivity index (χ0n) is 12.2. The van der Waals surface area contributed by atoms with Crippen LogP contribution < -0.4 is 14.8 Å². The number of aliphatic carboxylic acids is 1. The molecule has 0 saturated heterocycles. The Labute approximate surface area is 118 Å². The van der Waals surface area contributed by atoms with Gasteiger partial charge >= 0.3 is 5.97 Å². The van der Waals surface area contributed by atoms with Crippen LogP contribution in [0.5, 0.6) is 11.5 Å². The van der Waals surface area contributed by atoms with Gasteiger partial charge < -0.3 is 19.3 Å². The van der Waals surface area contributed by atoms with Crippen molar-refractivity contribution in [1.82, 2.24) is 5.32 Å². The molecule has 1 atom stereocenters. The fourth-order valence-corrected chi connectivity index (χ4v) is 1.89. The standard InChI is InChI=1S/C14H21NO5/c1-14(13(16)17,15-7-8-18-2)11-9-10(19-3)5-6-12(11)20-4/h5-6,9,15H,7-8H2,1-4H3,(H,16,17). The van der Waals surface area contributed by atoms with Gasteiger partial charge in [-0.05, 0) is 25.1 Å². The highest BCUT2D eigenvalue weighted by Gasteiger charge is 2.37. The molecule has 0 amide bonds. The Kier molecular flexibility index (Phi) is 5.79. The van der Waals surface area contributed by atoms with Crippen LogP contribution in [0.2, 0.25) is 0 Å². The van der Waals surface area contributed by atoms with Crippen molar-refractivity contribution >= 4 is 5.97 Å². The van der Waals surface area contributed by atoms with Crippen molar-refractivity contribution in [2.24, 2.45) is 0 Å². The van der Waals surface area contributed by atoms with Crippen LogP contribution in [0.3, 0.4) is 0 Å². The number of rotatable bonds is 8. The molecular formula is C14H21NO5. The molecule has 1 unspecified atom stereocenters. The summed E-state index contributed by atoms with van der Waals surface area (Å²) in [6.07, 6.45) is 0. The summed E-state index contributed by atoms with van der Waals surface area (Å²) in [5.74, 6) is 0.0580. The zero-order chi connectivity index (χ0) is 15.2. The Morgan fingerprint density at radius 3 is 2.50 bits per heavy atom. The minimum absolute atomic E-state index is 0.402. The highest BCUT2D eigenvalue weighted by atomic mass is 16.5. The van der Waals surface area contributed by atoms with E-state index in [9.17, 15) is 9.90 Å². The summed E-state index contributed by atoms with van der Waals surface area (Å²) in [5.41, 5.74) is -0.791. The van der Waals surface area contributed by atoms with Gasteiger partial charge in [-0.25, -0.2) is 4.79 Å². The summed E-state index contributed by atoms with van der Waals surface area (Å²) in [6, 6.07) is 5.07. The Bertz CT molecular complexity index is 463. The Hall–Kier alpha value is -1.79. The van der Waals surface area contributed by atoms with Crippen molar-refractivity contribution in [3.63, 3.8) is 0 Å². The molecule has 6 heteroatoms. The van der Waals surface area contributed by atoms with Gasteiger partial charge in [0.05, 0.1) is 20.8 Å². The molecule has 0 spiro atoms. The fourth-order valence-electron chi connectivity index (χ4n) is 1.89. The van der Waals surface area contributed by atoms with Crippen LogP contribution in [-0.2, 0) is 15.1 Å². The van der Waals surface area contributed by atoms with Crippen LogP contribution in [0.25, 0.3) is 0 Å². The molecule has 0 heterocycles.